The molecule has 3 aromatic rings. The lowest BCUT2D eigenvalue weighted by atomic mass is 10.1. The van der Waals surface area contributed by atoms with Gasteiger partial charge in [-0.15, -0.1) is 0 Å². The number of benzene rings is 1. The van der Waals surface area contributed by atoms with Crippen molar-refractivity contribution in [3.8, 4) is 11.3 Å². The van der Waals surface area contributed by atoms with Crippen LogP contribution in [0.3, 0.4) is 0 Å². The van der Waals surface area contributed by atoms with E-state index in [0.29, 0.717) is 17.3 Å². The van der Waals surface area contributed by atoms with Gasteiger partial charge in [0.25, 0.3) is 6.01 Å². The van der Waals surface area contributed by atoms with E-state index < -0.39 is 5.91 Å². The van der Waals surface area contributed by atoms with Gasteiger partial charge in [0.2, 0.25) is 5.91 Å². The summed E-state index contributed by atoms with van der Waals surface area (Å²) in [5.41, 5.74) is 8.28. The summed E-state index contributed by atoms with van der Waals surface area (Å²) in [6, 6.07) is 9.19. The molecule has 1 aromatic carbocycles. The highest BCUT2D eigenvalue weighted by molar-refractivity contribution is 5.94. The van der Waals surface area contributed by atoms with Crippen molar-refractivity contribution >= 4 is 17.6 Å². The Morgan fingerprint density at radius 3 is 2.73 bits per heavy atom. The van der Waals surface area contributed by atoms with Gasteiger partial charge >= 0.3 is 0 Å². The number of carbonyl (C=O) groups is 1. The number of carbonyl (C=O) groups excluding carboxylic acids is 1. The van der Waals surface area contributed by atoms with Gasteiger partial charge in [-0.25, -0.2) is 4.98 Å². The molecule has 110 valence electrons. The number of hydrogen-bond donors (Lipinski definition) is 2. The lowest BCUT2D eigenvalue weighted by Gasteiger charge is -2.07. The minimum absolute atomic E-state index is 0.344. The summed E-state index contributed by atoms with van der Waals surface area (Å²) < 4.78 is 5.66. The van der Waals surface area contributed by atoms with E-state index in [1.807, 2.05) is 25.1 Å². The number of pyridine rings is 1. The predicted molar refractivity (Wildman–Crippen MR) is 82.7 cm³/mol. The maximum absolute atomic E-state index is 11.3. The topological polar surface area (TPSA) is 94.0 Å². The fourth-order valence-corrected chi connectivity index (χ4v) is 2.01. The highest BCUT2D eigenvalue weighted by Gasteiger charge is 2.09. The van der Waals surface area contributed by atoms with Crippen molar-refractivity contribution in [3.63, 3.8) is 0 Å². The van der Waals surface area contributed by atoms with Gasteiger partial charge in [-0.1, -0.05) is 6.07 Å². The van der Waals surface area contributed by atoms with E-state index in [1.54, 1.807) is 30.7 Å². The zero-order valence-electron chi connectivity index (χ0n) is 11.9. The second kappa shape index (κ2) is 5.69. The van der Waals surface area contributed by atoms with Crippen molar-refractivity contribution in [2.75, 3.05) is 5.32 Å². The molecule has 0 aliphatic rings. The van der Waals surface area contributed by atoms with E-state index in [2.05, 4.69) is 15.3 Å². The molecule has 2 heterocycles. The summed E-state index contributed by atoms with van der Waals surface area (Å²) in [6.45, 7) is 1.92. The lowest BCUT2D eigenvalue weighted by Crippen LogP contribution is -2.11. The van der Waals surface area contributed by atoms with Crippen LogP contribution in [0.4, 0.5) is 11.7 Å². The van der Waals surface area contributed by atoms with Gasteiger partial charge in [-0.05, 0) is 36.8 Å². The number of nitrogens with two attached hydrogens (primary N) is 1. The van der Waals surface area contributed by atoms with Crippen LogP contribution in [0.2, 0.25) is 0 Å². The first-order valence-corrected chi connectivity index (χ1v) is 6.67. The van der Waals surface area contributed by atoms with Crippen LogP contribution in [-0.2, 0) is 0 Å². The van der Waals surface area contributed by atoms with Gasteiger partial charge in [0, 0.05) is 29.2 Å². The van der Waals surface area contributed by atoms with E-state index in [1.165, 1.54) is 0 Å². The van der Waals surface area contributed by atoms with Crippen LogP contribution < -0.4 is 11.1 Å². The van der Waals surface area contributed by atoms with Crippen molar-refractivity contribution in [1.29, 1.82) is 0 Å². The van der Waals surface area contributed by atoms with Gasteiger partial charge in [0.1, 0.15) is 0 Å². The highest BCUT2D eigenvalue weighted by atomic mass is 16.4. The van der Waals surface area contributed by atoms with Crippen LogP contribution in [-0.4, -0.2) is 15.9 Å². The molecule has 0 aliphatic carbocycles. The molecule has 0 aliphatic heterocycles. The monoisotopic (exact) mass is 294 g/mol. The van der Waals surface area contributed by atoms with Crippen LogP contribution in [0.25, 0.3) is 11.3 Å². The zero-order chi connectivity index (χ0) is 15.5. The van der Waals surface area contributed by atoms with Crippen molar-refractivity contribution < 1.29 is 9.21 Å². The molecule has 0 fully saturated rings. The van der Waals surface area contributed by atoms with Crippen molar-refractivity contribution in [2.24, 2.45) is 5.73 Å². The number of hydrogen-bond acceptors (Lipinski definition) is 5. The molecule has 0 radical (unpaired) electrons. The normalized spacial score (nSPS) is 10.4. The zero-order valence-corrected chi connectivity index (χ0v) is 11.9. The number of amides is 1. The number of nitrogens with one attached hydrogen (secondary N) is 1. The summed E-state index contributed by atoms with van der Waals surface area (Å²) in [5, 5.41) is 3.06. The van der Waals surface area contributed by atoms with E-state index in [9.17, 15) is 4.79 Å². The lowest BCUT2D eigenvalue weighted by molar-refractivity contribution is 0.100. The van der Waals surface area contributed by atoms with E-state index in [0.717, 1.165) is 16.8 Å². The van der Waals surface area contributed by atoms with Crippen molar-refractivity contribution in [3.05, 3.63) is 60.0 Å². The molecule has 2 aromatic heterocycles. The number of anilines is 2. The quantitative estimate of drug-likeness (QED) is 0.771. The standard InChI is InChI=1S/C16H14N4O2/c1-10-2-3-12(15(17)21)8-13(10)20-16-19-9-14(22-16)11-4-6-18-7-5-11/h2-9H,1H3,(H2,17,21)(H,19,20). The third kappa shape index (κ3) is 2.80. The Bertz CT molecular complexity index is 812. The third-order valence-electron chi connectivity index (χ3n) is 3.23. The summed E-state index contributed by atoms with van der Waals surface area (Å²) >= 11 is 0. The SMILES string of the molecule is Cc1ccc(C(N)=O)cc1Nc1ncc(-c2ccncc2)o1. The van der Waals surface area contributed by atoms with Crippen LogP contribution >= 0.6 is 0 Å². The molecule has 6 heteroatoms. The number of rotatable bonds is 4. The summed E-state index contributed by atoms with van der Waals surface area (Å²) in [4.78, 5) is 19.4. The highest BCUT2D eigenvalue weighted by Crippen LogP contribution is 2.25. The second-order valence-corrected chi connectivity index (χ2v) is 4.78. The van der Waals surface area contributed by atoms with Crippen LogP contribution in [0.5, 0.6) is 0 Å². The summed E-state index contributed by atoms with van der Waals surface area (Å²) in [5.74, 6) is 0.154. The van der Waals surface area contributed by atoms with E-state index >= 15 is 0 Å². The molecule has 0 bridgehead atoms. The minimum Gasteiger partial charge on any atom is -0.423 e. The number of aromatic nitrogens is 2. The van der Waals surface area contributed by atoms with Crippen LogP contribution in [0.15, 0.2) is 53.3 Å². The number of oxazole rings is 1. The molecule has 3 rings (SSSR count). The maximum Gasteiger partial charge on any atom is 0.299 e. The average molecular weight is 294 g/mol. The van der Waals surface area contributed by atoms with Gasteiger partial charge < -0.3 is 15.5 Å². The second-order valence-electron chi connectivity index (χ2n) is 4.78. The molecule has 0 atom stereocenters. The van der Waals surface area contributed by atoms with Gasteiger partial charge in [0.05, 0.1) is 6.20 Å². The maximum atomic E-state index is 11.3. The molecule has 1 amide bonds. The molecule has 0 spiro atoms. The van der Waals surface area contributed by atoms with E-state index in [4.69, 9.17) is 10.2 Å². The molecule has 3 N–H and O–H groups in total. The van der Waals surface area contributed by atoms with Crippen LogP contribution in [0, 0.1) is 6.92 Å². The van der Waals surface area contributed by atoms with Crippen molar-refractivity contribution in [2.45, 2.75) is 6.92 Å². The fourth-order valence-electron chi connectivity index (χ4n) is 2.01. The number of primary amides is 1. The van der Waals surface area contributed by atoms with Crippen LogP contribution in [0.1, 0.15) is 15.9 Å². The fraction of sp³-hybridized carbons (Fsp3) is 0.0625. The number of nitrogens with zero attached hydrogens (tertiary/aromatic N) is 2. The summed E-state index contributed by atoms with van der Waals surface area (Å²) in [6.07, 6.45) is 5.00. The Balaban J connectivity index is 1.87. The first-order chi connectivity index (χ1) is 10.6. The Labute approximate surface area is 127 Å². The average Bonchev–Trinajstić information content (AvgIpc) is 2.99. The summed E-state index contributed by atoms with van der Waals surface area (Å²) in [7, 11) is 0. The Morgan fingerprint density at radius 2 is 2.00 bits per heavy atom. The third-order valence-corrected chi connectivity index (χ3v) is 3.23. The largest absolute Gasteiger partial charge is 0.423 e. The smallest absolute Gasteiger partial charge is 0.299 e. The molecular weight excluding hydrogens is 280 g/mol. The van der Waals surface area contributed by atoms with Gasteiger partial charge in [-0.3, -0.25) is 9.78 Å². The van der Waals surface area contributed by atoms with Gasteiger partial charge in [0.15, 0.2) is 5.76 Å². The first-order valence-electron chi connectivity index (χ1n) is 6.67. The van der Waals surface area contributed by atoms with E-state index in [-0.39, 0.29) is 0 Å². The molecule has 0 saturated heterocycles. The molecular formula is C16H14N4O2. The Kier molecular flexibility index (Phi) is 3.57. The molecule has 6 nitrogen and oxygen atoms in total. The Morgan fingerprint density at radius 1 is 1.23 bits per heavy atom. The molecule has 0 unspecified atom stereocenters. The first kappa shape index (κ1) is 13.8. The number of aryl methyl sites for hydroxylation is 1. The van der Waals surface area contributed by atoms with Crippen molar-refractivity contribution in [1.82, 2.24) is 9.97 Å². The molecule has 22 heavy (non-hydrogen) atoms. The van der Waals surface area contributed by atoms with Gasteiger partial charge in [-0.2, -0.15) is 0 Å². The minimum atomic E-state index is -0.479. The Hall–Kier alpha value is -3.15. The predicted octanol–water partition coefficient (Wildman–Crippen LogP) is 2.89. The molecule has 0 saturated carbocycles.